The van der Waals surface area contributed by atoms with Gasteiger partial charge in [-0.2, -0.15) is 4.31 Å². The summed E-state index contributed by atoms with van der Waals surface area (Å²) < 4.78 is 53.7. The van der Waals surface area contributed by atoms with Crippen LogP contribution >= 0.6 is 11.6 Å². The van der Waals surface area contributed by atoms with E-state index in [1.54, 1.807) is 13.0 Å². The summed E-state index contributed by atoms with van der Waals surface area (Å²) in [6.07, 6.45) is 7.73. The number of benzene rings is 2. The second-order valence-electron chi connectivity index (χ2n) is 15.0. The lowest BCUT2D eigenvalue weighted by atomic mass is 9.62. The van der Waals surface area contributed by atoms with Gasteiger partial charge >= 0.3 is 0 Å². The van der Waals surface area contributed by atoms with Crippen molar-refractivity contribution >= 4 is 44.3 Å². The first-order valence-corrected chi connectivity index (χ1v) is 21.6. The summed E-state index contributed by atoms with van der Waals surface area (Å²) in [5, 5.41) is 13.0. The zero-order valence-electron chi connectivity index (χ0n) is 30.1. The van der Waals surface area contributed by atoms with Gasteiger partial charge in [0.2, 0.25) is 15.9 Å². The fourth-order valence-electron chi connectivity index (χ4n) is 8.02. The van der Waals surface area contributed by atoms with Crippen LogP contribution in [0.3, 0.4) is 0 Å². The Balaban J connectivity index is 1.37. The zero-order chi connectivity index (χ0) is 36.9. The molecule has 2 aromatic rings. The number of nitrogens with two attached hydrogens (primary N) is 1. The van der Waals surface area contributed by atoms with E-state index in [0.29, 0.717) is 75.1 Å². The Morgan fingerprint density at radius 1 is 1.08 bits per heavy atom. The maximum absolute atomic E-state index is 12.6. The third-order valence-corrected chi connectivity index (χ3v) is 14.1. The summed E-state index contributed by atoms with van der Waals surface area (Å²) >= 11 is 4.44. The number of hydrogen-bond donors (Lipinski definition) is 3. The van der Waals surface area contributed by atoms with Crippen LogP contribution < -0.4 is 15.4 Å². The molecular formula is C37H55ClN4O7S2. The molecule has 2 aliphatic heterocycles. The van der Waals surface area contributed by atoms with Gasteiger partial charge in [-0.3, -0.25) is 9.69 Å². The van der Waals surface area contributed by atoms with E-state index in [0.717, 1.165) is 56.3 Å². The smallest absolute Gasteiger partial charge is 0.248 e. The van der Waals surface area contributed by atoms with E-state index in [1.807, 2.05) is 37.3 Å². The Morgan fingerprint density at radius 2 is 1.82 bits per heavy atom. The molecule has 0 aromatic heterocycles. The van der Waals surface area contributed by atoms with Gasteiger partial charge in [0.1, 0.15) is 12.4 Å². The van der Waals surface area contributed by atoms with Crippen molar-refractivity contribution < 1.29 is 31.8 Å². The lowest BCUT2D eigenvalue weighted by Gasteiger charge is -2.51. The molecule has 1 aliphatic carbocycles. The second-order valence-corrected chi connectivity index (χ2v) is 18.7. The maximum Gasteiger partial charge on any atom is 0.248 e. The Labute approximate surface area is 311 Å². The number of primary amides is 1. The van der Waals surface area contributed by atoms with Crippen LogP contribution in [0.1, 0.15) is 80.3 Å². The number of sulfonamides is 1. The van der Waals surface area contributed by atoms with Gasteiger partial charge in [-0.25, -0.2) is 12.6 Å². The molecule has 6 atom stereocenters. The molecule has 2 aromatic carbocycles. The highest BCUT2D eigenvalue weighted by molar-refractivity contribution is 7.88. The minimum atomic E-state index is -3.28. The minimum absolute atomic E-state index is 0.00147. The SMILES string of the molecule is C[C@H]([C@@H](C)CCC[C@](O)(CN1CCN(S(C)(=O)=O)CC1)[C@@H]1CC[C@H]1CN1CCCCc2cc(Cl)ccc2COc2ccc(C(N)=O)cc21)S(=O)O. The zero-order valence-corrected chi connectivity index (χ0v) is 32.5. The Kier molecular flexibility index (Phi) is 13.5. The van der Waals surface area contributed by atoms with Crippen molar-refractivity contribution in [2.45, 2.75) is 82.7 Å². The highest BCUT2D eigenvalue weighted by Gasteiger charge is 2.48. The van der Waals surface area contributed by atoms with Crippen molar-refractivity contribution in [3.8, 4) is 5.75 Å². The third-order valence-electron chi connectivity index (χ3n) is 11.5. The monoisotopic (exact) mass is 766 g/mol. The number of piperazine rings is 1. The first-order chi connectivity index (χ1) is 24.1. The number of carbonyl (C=O) groups is 1. The highest BCUT2D eigenvalue weighted by atomic mass is 35.5. The van der Waals surface area contributed by atoms with E-state index >= 15 is 0 Å². The molecule has 0 radical (unpaired) electrons. The molecule has 5 rings (SSSR count). The number of anilines is 1. The Bertz CT molecular complexity index is 1660. The van der Waals surface area contributed by atoms with Crippen LogP contribution in [0.15, 0.2) is 36.4 Å². The summed E-state index contributed by atoms with van der Waals surface area (Å²) in [5.41, 5.74) is 8.19. The predicted octanol–water partition coefficient (Wildman–Crippen LogP) is 4.91. The van der Waals surface area contributed by atoms with Gasteiger partial charge in [-0.15, -0.1) is 0 Å². The average molecular weight is 767 g/mol. The predicted molar refractivity (Wildman–Crippen MR) is 203 cm³/mol. The Hall–Kier alpha value is -2.26. The largest absolute Gasteiger partial charge is 0.487 e. The highest BCUT2D eigenvalue weighted by Crippen LogP contribution is 2.46. The van der Waals surface area contributed by atoms with Crippen LogP contribution in [0, 0.1) is 17.8 Å². The van der Waals surface area contributed by atoms with E-state index < -0.39 is 32.6 Å². The van der Waals surface area contributed by atoms with Crippen LogP contribution in [0.25, 0.3) is 0 Å². The number of ether oxygens (including phenoxy) is 1. The molecule has 0 spiro atoms. The standard InChI is InChI=1S/C37H55ClN4O7S2/c1-26(27(2)50(45)46)7-6-15-37(44,25-40-17-19-42(20-18-40)51(3,47)48)33-13-10-30(33)23-41-16-5-4-8-28-21-32(38)12-9-31(28)24-49-35-14-11-29(36(39)43)22-34(35)41/h9,11-12,14,21-22,26-27,30,33,44H,4-8,10,13,15-20,23-25H2,1-3H3,(H2,39,43)(H,45,46)/t26-,27+,30-,33+,37-/m0/s1. The van der Waals surface area contributed by atoms with Crippen LogP contribution in [0.2, 0.25) is 5.02 Å². The summed E-state index contributed by atoms with van der Waals surface area (Å²) in [4.78, 5) is 16.8. The number of halogens is 1. The normalized spacial score (nSPS) is 23.7. The van der Waals surface area contributed by atoms with Crippen LogP contribution in [-0.4, -0.2) is 100 Å². The molecular weight excluding hydrogens is 712 g/mol. The van der Waals surface area contributed by atoms with Crippen LogP contribution in [0.4, 0.5) is 5.69 Å². The molecule has 1 amide bonds. The summed E-state index contributed by atoms with van der Waals surface area (Å²) in [7, 11) is -3.28. The fraction of sp³-hybridized carbons (Fsp3) is 0.649. The van der Waals surface area contributed by atoms with E-state index in [-0.39, 0.29) is 23.0 Å². The number of fused-ring (bicyclic) bond motifs is 2. The minimum Gasteiger partial charge on any atom is -0.487 e. The third kappa shape index (κ3) is 10.2. The molecule has 2 fully saturated rings. The molecule has 2 heterocycles. The van der Waals surface area contributed by atoms with Crippen molar-refractivity contribution in [2.24, 2.45) is 23.5 Å². The van der Waals surface area contributed by atoms with E-state index in [4.69, 9.17) is 22.1 Å². The van der Waals surface area contributed by atoms with Crippen molar-refractivity contribution in [3.05, 3.63) is 58.1 Å². The van der Waals surface area contributed by atoms with Crippen molar-refractivity contribution in [1.29, 1.82) is 0 Å². The number of rotatable bonds is 13. The number of aliphatic hydroxyl groups is 1. The fourth-order valence-corrected chi connectivity index (χ4v) is 9.58. The number of aryl methyl sites for hydroxylation is 1. The van der Waals surface area contributed by atoms with Gasteiger partial charge in [0, 0.05) is 56.4 Å². The number of hydrogen-bond acceptors (Lipinski definition) is 8. The first-order valence-electron chi connectivity index (χ1n) is 18.2. The lowest BCUT2D eigenvalue weighted by molar-refractivity contribution is -0.108. The van der Waals surface area contributed by atoms with Gasteiger partial charge in [0.05, 0.1) is 22.8 Å². The summed E-state index contributed by atoms with van der Waals surface area (Å²) in [6.45, 7) is 7.84. The number of β-amino-alcohol motifs (C(OH)–C–C–N with tert-alkyl or cyclic N) is 1. The van der Waals surface area contributed by atoms with Crippen molar-refractivity contribution in [1.82, 2.24) is 9.21 Å². The van der Waals surface area contributed by atoms with Gasteiger partial charge < -0.3 is 25.0 Å². The molecule has 3 aliphatic rings. The molecule has 11 nitrogen and oxygen atoms in total. The van der Waals surface area contributed by atoms with Crippen LogP contribution in [0.5, 0.6) is 5.75 Å². The van der Waals surface area contributed by atoms with Gasteiger partial charge in [-0.1, -0.05) is 31.0 Å². The first kappa shape index (κ1) is 39.9. The quantitative estimate of drug-likeness (QED) is 0.242. The van der Waals surface area contributed by atoms with E-state index in [9.17, 15) is 27.1 Å². The molecule has 1 saturated carbocycles. The molecule has 1 unspecified atom stereocenters. The number of amides is 1. The molecule has 0 bridgehead atoms. The molecule has 4 N–H and O–H groups in total. The molecule has 51 heavy (non-hydrogen) atoms. The van der Waals surface area contributed by atoms with Crippen LogP contribution in [-0.2, 0) is 34.1 Å². The second kappa shape index (κ2) is 17.3. The van der Waals surface area contributed by atoms with Gasteiger partial charge in [-0.05, 0) is 111 Å². The molecule has 1 saturated heterocycles. The molecule has 14 heteroatoms. The van der Waals surface area contributed by atoms with E-state index in [2.05, 4.69) is 9.80 Å². The lowest BCUT2D eigenvalue weighted by Crippen LogP contribution is -2.59. The summed E-state index contributed by atoms with van der Waals surface area (Å²) in [6, 6.07) is 11.2. The van der Waals surface area contributed by atoms with Gasteiger partial charge in [0.15, 0.2) is 11.1 Å². The van der Waals surface area contributed by atoms with Gasteiger partial charge in [0.25, 0.3) is 0 Å². The topological polar surface area (TPSA) is 154 Å². The van der Waals surface area contributed by atoms with Crippen molar-refractivity contribution in [3.63, 3.8) is 0 Å². The molecule has 284 valence electrons. The van der Waals surface area contributed by atoms with E-state index in [1.165, 1.54) is 16.1 Å². The van der Waals surface area contributed by atoms with Crippen molar-refractivity contribution in [2.75, 3.05) is 57.0 Å². The average Bonchev–Trinajstić information content (AvgIpc) is 3.09. The summed E-state index contributed by atoms with van der Waals surface area (Å²) in [5.74, 6) is 0.347. The number of nitrogens with zero attached hydrogens (tertiary/aromatic N) is 3. The number of carbonyl (C=O) groups excluding carboxylic acids is 1. The maximum atomic E-state index is 12.6. The Morgan fingerprint density at radius 3 is 2.47 bits per heavy atom.